The number of unbranched alkanes of at least 4 members (excludes halogenated alkanes) is 1. The molecular weight excluding hydrogens is 344 g/mol. The van der Waals surface area contributed by atoms with Crippen LogP contribution in [0.4, 0.5) is 0 Å². The van der Waals surface area contributed by atoms with Crippen molar-refractivity contribution in [3.05, 3.63) is 29.8 Å². The third kappa shape index (κ3) is 7.59. The highest BCUT2D eigenvalue weighted by Gasteiger charge is 2.24. The summed E-state index contributed by atoms with van der Waals surface area (Å²) in [6.07, 6.45) is 4.60. The van der Waals surface area contributed by atoms with E-state index >= 15 is 0 Å². The first-order chi connectivity index (χ1) is 13.0. The van der Waals surface area contributed by atoms with E-state index in [1.54, 1.807) is 6.92 Å². The van der Waals surface area contributed by atoms with Crippen LogP contribution in [-0.2, 0) is 16.0 Å². The largest absolute Gasteiger partial charge is 0.494 e. The lowest BCUT2D eigenvalue weighted by Gasteiger charge is -2.21. The van der Waals surface area contributed by atoms with Crippen molar-refractivity contribution in [2.45, 2.75) is 64.5 Å². The van der Waals surface area contributed by atoms with Crippen LogP contribution < -0.4 is 10.1 Å². The lowest BCUT2D eigenvalue weighted by molar-refractivity contribution is -0.133. The van der Waals surface area contributed by atoms with E-state index in [1.807, 2.05) is 36.1 Å². The van der Waals surface area contributed by atoms with Gasteiger partial charge in [-0.15, -0.1) is 0 Å². The number of nitrogens with zero attached hydrogens (tertiary/aromatic N) is 1. The Bertz CT molecular complexity index is 618. The van der Waals surface area contributed by atoms with Gasteiger partial charge >= 0.3 is 0 Å². The lowest BCUT2D eigenvalue weighted by Crippen LogP contribution is -2.42. The number of benzene rings is 1. The van der Waals surface area contributed by atoms with E-state index in [4.69, 9.17) is 4.74 Å². The molecule has 1 heterocycles. The van der Waals surface area contributed by atoms with Crippen molar-refractivity contribution in [3.8, 4) is 5.75 Å². The lowest BCUT2D eigenvalue weighted by atomic mass is 10.1. The van der Waals surface area contributed by atoms with Gasteiger partial charge in [-0.25, -0.2) is 0 Å². The maximum absolute atomic E-state index is 12.2. The summed E-state index contributed by atoms with van der Waals surface area (Å²) in [7, 11) is 0. The van der Waals surface area contributed by atoms with Gasteiger partial charge in [0, 0.05) is 12.6 Å². The zero-order valence-electron chi connectivity index (χ0n) is 16.4. The maximum atomic E-state index is 12.2. The van der Waals surface area contributed by atoms with Crippen LogP contribution in [-0.4, -0.2) is 53.7 Å². The summed E-state index contributed by atoms with van der Waals surface area (Å²) in [4.78, 5) is 26.1. The van der Waals surface area contributed by atoms with Gasteiger partial charge in [-0.2, -0.15) is 0 Å². The molecule has 2 atom stereocenters. The zero-order chi connectivity index (χ0) is 19.6. The molecule has 2 N–H and O–H groups in total. The van der Waals surface area contributed by atoms with Crippen LogP contribution in [0.2, 0.25) is 0 Å². The van der Waals surface area contributed by atoms with Gasteiger partial charge in [0.1, 0.15) is 5.75 Å². The second-order valence-corrected chi connectivity index (χ2v) is 7.37. The molecule has 27 heavy (non-hydrogen) atoms. The number of amides is 2. The first-order valence-corrected chi connectivity index (χ1v) is 9.91. The number of ether oxygens (including phenoxy) is 1. The fraction of sp³-hybridized carbons (Fsp3) is 0.619. The molecule has 0 saturated carbocycles. The normalized spacial score (nSPS) is 17.6. The quantitative estimate of drug-likeness (QED) is 0.614. The Balaban J connectivity index is 1.71. The molecule has 1 saturated heterocycles. The van der Waals surface area contributed by atoms with Crippen LogP contribution in [0, 0.1) is 0 Å². The minimum Gasteiger partial charge on any atom is -0.494 e. The number of carbonyl (C=O) groups is 2. The van der Waals surface area contributed by atoms with Crippen molar-refractivity contribution >= 4 is 11.8 Å². The third-order valence-corrected chi connectivity index (χ3v) is 4.86. The summed E-state index contributed by atoms with van der Waals surface area (Å²) in [5, 5.41) is 12.0. The highest BCUT2D eigenvalue weighted by atomic mass is 16.5. The van der Waals surface area contributed by atoms with Gasteiger partial charge in [0.15, 0.2) is 0 Å². The van der Waals surface area contributed by atoms with E-state index in [2.05, 4.69) is 5.32 Å². The molecule has 6 nitrogen and oxygen atoms in total. The number of carbonyl (C=O) groups excluding carboxylic acids is 2. The molecule has 1 aliphatic rings. The molecule has 2 amide bonds. The molecule has 6 heteroatoms. The van der Waals surface area contributed by atoms with E-state index in [1.165, 1.54) is 0 Å². The number of aliphatic hydroxyl groups excluding tert-OH is 1. The fourth-order valence-corrected chi connectivity index (χ4v) is 3.30. The monoisotopic (exact) mass is 376 g/mol. The molecule has 2 unspecified atom stereocenters. The summed E-state index contributed by atoms with van der Waals surface area (Å²) in [5.41, 5.74) is 0.857. The minimum absolute atomic E-state index is 0.0115. The number of nitrogens with one attached hydrogen (secondary N) is 1. The van der Waals surface area contributed by atoms with Gasteiger partial charge in [0.2, 0.25) is 11.8 Å². The molecular formula is C21H32N2O4. The molecule has 0 spiro atoms. The van der Waals surface area contributed by atoms with E-state index in [0.29, 0.717) is 6.61 Å². The van der Waals surface area contributed by atoms with Gasteiger partial charge in [-0.05, 0) is 63.6 Å². The number of hydrogen-bond donors (Lipinski definition) is 2. The van der Waals surface area contributed by atoms with Gasteiger partial charge in [0.25, 0.3) is 0 Å². The second kappa shape index (κ2) is 10.9. The maximum Gasteiger partial charge on any atom is 0.242 e. The average molecular weight is 376 g/mol. The van der Waals surface area contributed by atoms with Gasteiger partial charge in [0.05, 0.1) is 25.7 Å². The van der Waals surface area contributed by atoms with Crippen LogP contribution in [0.1, 0.15) is 51.5 Å². The smallest absolute Gasteiger partial charge is 0.242 e. The number of hydrogen-bond acceptors (Lipinski definition) is 4. The fourth-order valence-electron chi connectivity index (χ4n) is 3.30. The molecule has 2 rings (SSSR count). The van der Waals surface area contributed by atoms with Gasteiger partial charge < -0.3 is 20.1 Å². The highest BCUT2D eigenvalue weighted by Crippen LogP contribution is 2.16. The number of rotatable bonds is 10. The Morgan fingerprint density at radius 3 is 2.89 bits per heavy atom. The van der Waals surface area contributed by atoms with E-state index in [9.17, 15) is 14.7 Å². The van der Waals surface area contributed by atoms with Crippen molar-refractivity contribution in [3.63, 3.8) is 0 Å². The SMILES string of the molecule is CC(O)CCCCOc1cccc(CC(=O)NCC(=O)N2CCCC2C)c1. The van der Waals surface area contributed by atoms with Gasteiger partial charge in [-0.3, -0.25) is 9.59 Å². The van der Waals surface area contributed by atoms with Crippen LogP contribution in [0.25, 0.3) is 0 Å². The van der Waals surface area contributed by atoms with E-state index in [0.717, 1.165) is 50.0 Å². The molecule has 1 aliphatic heterocycles. The minimum atomic E-state index is -0.271. The number of aliphatic hydroxyl groups is 1. The van der Waals surface area contributed by atoms with Crippen molar-refractivity contribution in [2.24, 2.45) is 0 Å². The van der Waals surface area contributed by atoms with Crippen molar-refractivity contribution < 1.29 is 19.4 Å². The predicted molar refractivity (Wildman–Crippen MR) is 105 cm³/mol. The standard InChI is InChI=1S/C21H32N2O4/c1-16-7-6-11-23(16)21(26)15-22-20(25)14-18-9-5-10-19(13-18)27-12-4-3-8-17(2)24/h5,9-10,13,16-17,24H,3-4,6-8,11-12,14-15H2,1-2H3,(H,22,25). The molecule has 150 valence electrons. The van der Waals surface area contributed by atoms with E-state index in [-0.39, 0.29) is 36.9 Å². The summed E-state index contributed by atoms with van der Waals surface area (Å²) < 4.78 is 5.71. The van der Waals surface area contributed by atoms with E-state index < -0.39 is 0 Å². The molecule has 0 bridgehead atoms. The first kappa shape index (κ1) is 21.2. The first-order valence-electron chi connectivity index (χ1n) is 9.91. The summed E-state index contributed by atoms with van der Waals surface area (Å²) in [5.74, 6) is 0.561. The second-order valence-electron chi connectivity index (χ2n) is 7.37. The molecule has 1 aromatic rings. The van der Waals surface area contributed by atoms with Crippen molar-refractivity contribution in [1.82, 2.24) is 10.2 Å². The third-order valence-electron chi connectivity index (χ3n) is 4.86. The van der Waals surface area contributed by atoms with Crippen LogP contribution in [0.3, 0.4) is 0 Å². The van der Waals surface area contributed by atoms with Crippen LogP contribution in [0.5, 0.6) is 5.75 Å². The van der Waals surface area contributed by atoms with Crippen LogP contribution in [0.15, 0.2) is 24.3 Å². The Morgan fingerprint density at radius 1 is 1.37 bits per heavy atom. The van der Waals surface area contributed by atoms with Crippen molar-refractivity contribution in [1.29, 1.82) is 0 Å². The molecule has 0 aromatic heterocycles. The Labute approximate surface area is 161 Å². The summed E-state index contributed by atoms with van der Waals surface area (Å²) in [6, 6.07) is 7.74. The Morgan fingerprint density at radius 2 is 2.19 bits per heavy atom. The average Bonchev–Trinajstić information content (AvgIpc) is 3.05. The molecule has 1 aromatic carbocycles. The van der Waals surface area contributed by atoms with Gasteiger partial charge in [-0.1, -0.05) is 12.1 Å². The molecule has 0 radical (unpaired) electrons. The molecule has 1 fully saturated rings. The topological polar surface area (TPSA) is 78.9 Å². The van der Waals surface area contributed by atoms with Crippen molar-refractivity contribution in [2.75, 3.05) is 19.7 Å². The zero-order valence-corrected chi connectivity index (χ0v) is 16.4. The number of likely N-dealkylation sites (tertiary alicyclic amines) is 1. The Hall–Kier alpha value is -2.08. The highest BCUT2D eigenvalue weighted by molar-refractivity contribution is 5.86. The Kier molecular flexibility index (Phi) is 8.58. The predicted octanol–water partition coefficient (Wildman–Crippen LogP) is 2.29. The summed E-state index contributed by atoms with van der Waals surface area (Å²) >= 11 is 0. The van der Waals surface area contributed by atoms with Crippen LogP contribution >= 0.6 is 0 Å². The molecule has 0 aliphatic carbocycles. The summed E-state index contributed by atoms with van der Waals surface area (Å²) in [6.45, 7) is 5.26.